The predicted molar refractivity (Wildman–Crippen MR) is 54.7 cm³/mol. The van der Waals surface area contributed by atoms with Crippen molar-refractivity contribution in [3.63, 3.8) is 0 Å². The Morgan fingerprint density at radius 2 is 1.85 bits per heavy atom. The van der Waals surface area contributed by atoms with Crippen LogP contribution in [-0.2, 0) is 4.79 Å². The highest BCUT2D eigenvalue weighted by molar-refractivity contribution is 5.69. The first-order valence-electron chi connectivity index (χ1n) is 5.38. The van der Waals surface area contributed by atoms with E-state index in [-0.39, 0.29) is 5.92 Å². The molecule has 0 aliphatic rings. The van der Waals surface area contributed by atoms with Crippen LogP contribution in [0.1, 0.15) is 52.9 Å². The molecule has 0 rings (SSSR count). The maximum Gasteiger partial charge on any atom is 0.306 e. The molecule has 13 heavy (non-hydrogen) atoms. The van der Waals surface area contributed by atoms with E-state index in [2.05, 4.69) is 13.8 Å². The number of hydrogen-bond donors (Lipinski definition) is 1. The molecule has 0 spiro atoms. The minimum absolute atomic E-state index is 0.128. The van der Waals surface area contributed by atoms with E-state index in [4.69, 9.17) is 5.11 Å². The highest BCUT2D eigenvalue weighted by Crippen LogP contribution is 2.22. The summed E-state index contributed by atoms with van der Waals surface area (Å²) in [6.45, 7) is 6.26. The minimum Gasteiger partial charge on any atom is -0.481 e. The Morgan fingerprint density at radius 3 is 2.15 bits per heavy atom. The minimum atomic E-state index is -0.628. The van der Waals surface area contributed by atoms with Crippen molar-refractivity contribution in [1.82, 2.24) is 0 Å². The zero-order valence-electron chi connectivity index (χ0n) is 9.05. The standard InChI is InChI=1S/C11H22O2/c1-4-7-9(5-2)8-10(6-3)11(12)13/h9-10H,4-8H2,1-3H3,(H,12,13). The fraction of sp³-hybridized carbons (Fsp3) is 0.909. The summed E-state index contributed by atoms with van der Waals surface area (Å²) in [7, 11) is 0. The van der Waals surface area contributed by atoms with Crippen molar-refractivity contribution >= 4 is 5.97 Å². The summed E-state index contributed by atoms with van der Waals surface area (Å²) in [5.74, 6) is -0.153. The second kappa shape index (κ2) is 6.93. The first-order chi connectivity index (χ1) is 6.15. The molecule has 0 aromatic heterocycles. The molecule has 78 valence electrons. The second-order valence-electron chi connectivity index (χ2n) is 3.74. The molecule has 0 aliphatic carbocycles. The third kappa shape index (κ3) is 4.91. The molecule has 0 saturated heterocycles. The normalized spacial score (nSPS) is 15.3. The third-order valence-corrected chi connectivity index (χ3v) is 2.73. The van der Waals surface area contributed by atoms with Crippen LogP contribution in [0.4, 0.5) is 0 Å². The first-order valence-corrected chi connectivity index (χ1v) is 5.38. The van der Waals surface area contributed by atoms with Gasteiger partial charge in [0, 0.05) is 0 Å². The number of aliphatic carboxylic acids is 1. The molecule has 0 radical (unpaired) electrons. The highest BCUT2D eigenvalue weighted by Gasteiger charge is 2.19. The average molecular weight is 186 g/mol. The van der Waals surface area contributed by atoms with E-state index < -0.39 is 5.97 Å². The van der Waals surface area contributed by atoms with E-state index in [1.165, 1.54) is 6.42 Å². The Bertz CT molecular complexity index is 143. The molecule has 0 amide bonds. The summed E-state index contributed by atoms with van der Waals surface area (Å²) in [5, 5.41) is 8.89. The topological polar surface area (TPSA) is 37.3 Å². The number of carbonyl (C=O) groups is 1. The predicted octanol–water partition coefficient (Wildman–Crippen LogP) is 3.31. The molecule has 0 aromatic rings. The largest absolute Gasteiger partial charge is 0.481 e. The smallest absolute Gasteiger partial charge is 0.306 e. The fourth-order valence-electron chi connectivity index (χ4n) is 1.74. The molecule has 2 atom stereocenters. The first kappa shape index (κ1) is 12.5. The monoisotopic (exact) mass is 186 g/mol. The van der Waals surface area contributed by atoms with Crippen LogP contribution < -0.4 is 0 Å². The van der Waals surface area contributed by atoms with Gasteiger partial charge in [0.25, 0.3) is 0 Å². The van der Waals surface area contributed by atoms with Gasteiger partial charge >= 0.3 is 5.97 Å². The van der Waals surface area contributed by atoms with Gasteiger partial charge in [0.1, 0.15) is 0 Å². The Morgan fingerprint density at radius 1 is 1.23 bits per heavy atom. The molecule has 0 fully saturated rings. The molecular formula is C11H22O2. The molecule has 1 N–H and O–H groups in total. The average Bonchev–Trinajstić information content (AvgIpc) is 2.11. The SMILES string of the molecule is CCCC(CC)CC(CC)C(=O)O. The molecule has 0 saturated carbocycles. The van der Waals surface area contributed by atoms with Crippen molar-refractivity contribution in [3.05, 3.63) is 0 Å². The summed E-state index contributed by atoms with van der Waals surface area (Å²) in [5.41, 5.74) is 0. The molecule has 0 heterocycles. The lowest BCUT2D eigenvalue weighted by molar-refractivity contribution is -0.142. The fourth-order valence-corrected chi connectivity index (χ4v) is 1.74. The molecule has 2 heteroatoms. The van der Waals surface area contributed by atoms with Crippen LogP contribution in [0.3, 0.4) is 0 Å². The van der Waals surface area contributed by atoms with Crippen molar-refractivity contribution in [2.24, 2.45) is 11.8 Å². The zero-order chi connectivity index (χ0) is 10.3. The Balaban J connectivity index is 3.95. The van der Waals surface area contributed by atoms with Gasteiger partial charge in [0.2, 0.25) is 0 Å². The van der Waals surface area contributed by atoms with Gasteiger partial charge in [-0.2, -0.15) is 0 Å². The third-order valence-electron chi connectivity index (χ3n) is 2.73. The lowest BCUT2D eigenvalue weighted by Crippen LogP contribution is -2.16. The van der Waals surface area contributed by atoms with Gasteiger partial charge in [0.15, 0.2) is 0 Å². The lowest BCUT2D eigenvalue weighted by Gasteiger charge is -2.17. The summed E-state index contributed by atoms with van der Waals surface area (Å²) >= 11 is 0. The van der Waals surface area contributed by atoms with E-state index in [1.54, 1.807) is 0 Å². The van der Waals surface area contributed by atoms with Crippen LogP contribution in [0.15, 0.2) is 0 Å². The van der Waals surface area contributed by atoms with E-state index in [9.17, 15) is 4.79 Å². The molecule has 0 bridgehead atoms. The maximum atomic E-state index is 10.8. The van der Waals surface area contributed by atoms with Gasteiger partial charge in [-0.25, -0.2) is 0 Å². The summed E-state index contributed by atoms with van der Waals surface area (Å²) in [6, 6.07) is 0. The van der Waals surface area contributed by atoms with E-state index in [0.717, 1.165) is 25.7 Å². The number of carboxylic acids is 1. The van der Waals surface area contributed by atoms with Crippen LogP contribution in [0, 0.1) is 11.8 Å². The summed E-state index contributed by atoms with van der Waals surface area (Å²) in [4.78, 5) is 10.8. The van der Waals surface area contributed by atoms with Gasteiger partial charge < -0.3 is 5.11 Å². The van der Waals surface area contributed by atoms with Crippen LogP contribution in [-0.4, -0.2) is 11.1 Å². The zero-order valence-corrected chi connectivity index (χ0v) is 9.05. The lowest BCUT2D eigenvalue weighted by atomic mass is 9.88. The molecule has 0 aliphatic heterocycles. The van der Waals surface area contributed by atoms with Crippen molar-refractivity contribution in [2.75, 3.05) is 0 Å². The Hall–Kier alpha value is -0.530. The van der Waals surface area contributed by atoms with Crippen LogP contribution in [0.5, 0.6) is 0 Å². The maximum absolute atomic E-state index is 10.8. The van der Waals surface area contributed by atoms with E-state index in [1.807, 2.05) is 6.92 Å². The number of hydrogen-bond acceptors (Lipinski definition) is 1. The molecule has 2 nitrogen and oxygen atoms in total. The molecule has 2 unspecified atom stereocenters. The van der Waals surface area contributed by atoms with Crippen LogP contribution in [0.25, 0.3) is 0 Å². The van der Waals surface area contributed by atoms with Gasteiger partial charge in [-0.15, -0.1) is 0 Å². The van der Waals surface area contributed by atoms with E-state index in [0.29, 0.717) is 5.92 Å². The van der Waals surface area contributed by atoms with Crippen LogP contribution in [0.2, 0.25) is 0 Å². The molecule has 0 aromatic carbocycles. The van der Waals surface area contributed by atoms with Gasteiger partial charge in [-0.1, -0.05) is 40.0 Å². The van der Waals surface area contributed by atoms with Crippen molar-refractivity contribution < 1.29 is 9.90 Å². The summed E-state index contributed by atoms with van der Waals surface area (Å²) in [6.07, 6.45) is 5.05. The second-order valence-corrected chi connectivity index (χ2v) is 3.74. The van der Waals surface area contributed by atoms with Crippen molar-refractivity contribution in [1.29, 1.82) is 0 Å². The number of carboxylic acid groups (broad SMARTS) is 1. The van der Waals surface area contributed by atoms with Crippen molar-refractivity contribution in [3.8, 4) is 0 Å². The van der Waals surface area contributed by atoms with Crippen LogP contribution >= 0.6 is 0 Å². The van der Waals surface area contributed by atoms with E-state index >= 15 is 0 Å². The molecular weight excluding hydrogens is 164 g/mol. The Labute approximate surface area is 81.3 Å². The summed E-state index contributed by atoms with van der Waals surface area (Å²) < 4.78 is 0. The highest BCUT2D eigenvalue weighted by atomic mass is 16.4. The van der Waals surface area contributed by atoms with Crippen molar-refractivity contribution in [2.45, 2.75) is 52.9 Å². The number of rotatable bonds is 7. The van der Waals surface area contributed by atoms with Gasteiger partial charge in [0.05, 0.1) is 5.92 Å². The van der Waals surface area contributed by atoms with Gasteiger partial charge in [-0.3, -0.25) is 4.79 Å². The Kier molecular flexibility index (Phi) is 6.65. The van der Waals surface area contributed by atoms with Gasteiger partial charge in [-0.05, 0) is 18.8 Å². The quantitative estimate of drug-likeness (QED) is 0.662.